The summed E-state index contributed by atoms with van der Waals surface area (Å²) < 4.78 is 1.75. The Morgan fingerprint density at radius 2 is 1.80 bits per heavy atom. The molecular weight excluding hydrogens is 338 g/mol. The summed E-state index contributed by atoms with van der Waals surface area (Å²) in [5.41, 5.74) is 1.48. The van der Waals surface area contributed by atoms with Crippen LogP contribution in [0.25, 0.3) is 5.65 Å². The van der Waals surface area contributed by atoms with E-state index in [1.807, 2.05) is 19.1 Å². The minimum Gasteiger partial charge on any atom is -0.355 e. The van der Waals surface area contributed by atoms with Crippen LogP contribution in [-0.4, -0.2) is 38.7 Å². The van der Waals surface area contributed by atoms with Crippen LogP contribution in [0.4, 0.5) is 5.82 Å². The van der Waals surface area contributed by atoms with E-state index >= 15 is 0 Å². The first-order valence-corrected chi connectivity index (χ1v) is 8.73. The number of hydrogen-bond donors (Lipinski definition) is 0. The highest BCUT2D eigenvalue weighted by molar-refractivity contribution is 6.30. The maximum atomic E-state index is 12.6. The number of halogens is 1. The average Bonchev–Trinajstić information content (AvgIpc) is 3.02. The third kappa shape index (κ3) is 3.09. The highest BCUT2D eigenvalue weighted by atomic mass is 35.5. The Hall–Kier alpha value is -2.47. The van der Waals surface area contributed by atoms with Crippen molar-refractivity contribution in [3.63, 3.8) is 0 Å². The topological polar surface area (TPSA) is 63.4 Å². The highest BCUT2D eigenvalue weighted by Crippen LogP contribution is 2.25. The van der Waals surface area contributed by atoms with Gasteiger partial charge < -0.3 is 4.90 Å². The molecule has 1 aliphatic heterocycles. The lowest BCUT2D eigenvalue weighted by Crippen LogP contribution is -2.37. The molecule has 3 heterocycles. The van der Waals surface area contributed by atoms with E-state index in [0.717, 1.165) is 48.8 Å². The standard InChI is InChI=1S/C18H18ClN5O/c1-12-20-21-16-6-7-17(22-24(12)16)23-10-8-14(9-11-23)18(25)13-2-4-15(19)5-3-13/h2-7,14H,8-11H2,1H3. The van der Waals surface area contributed by atoms with E-state index in [-0.39, 0.29) is 11.7 Å². The van der Waals surface area contributed by atoms with Crippen molar-refractivity contribution in [2.75, 3.05) is 18.0 Å². The number of rotatable bonds is 3. The zero-order chi connectivity index (χ0) is 17.4. The first-order valence-electron chi connectivity index (χ1n) is 8.35. The van der Waals surface area contributed by atoms with Gasteiger partial charge in [-0.3, -0.25) is 4.79 Å². The summed E-state index contributed by atoms with van der Waals surface area (Å²) in [6.45, 7) is 3.50. The molecule has 0 bridgehead atoms. The van der Waals surface area contributed by atoms with Gasteiger partial charge in [0.05, 0.1) is 0 Å². The number of carbonyl (C=O) groups excluding carboxylic acids is 1. The predicted molar refractivity (Wildman–Crippen MR) is 96.2 cm³/mol. The third-order valence-electron chi connectivity index (χ3n) is 4.72. The summed E-state index contributed by atoms with van der Waals surface area (Å²) in [6, 6.07) is 11.0. The van der Waals surface area contributed by atoms with Gasteiger partial charge in [0.15, 0.2) is 17.3 Å². The van der Waals surface area contributed by atoms with Crippen molar-refractivity contribution in [1.82, 2.24) is 19.8 Å². The largest absolute Gasteiger partial charge is 0.355 e. The van der Waals surface area contributed by atoms with Gasteiger partial charge in [-0.25, -0.2) is 0 Å². The van der Waals surface area contributed by atoms with Crippen molar-refractivity contribution >= 4 is 28.8 Å². The number of benzene rings is 1. The Labute approximate surface area is 150 Å². The normalized spacial score (nSPS) is 15.7. The van der Waals surface area contributed by atoms with E-state index in [4.69, 9.17) is 11.6 Å². The molecule has 1 aromatic carbocycles. The van der Waals surface area contributed by atoms with E-state index < -0.39 is 0 Å². The van der Waals surface area contributed by atoms with E-state index in [9.17, 15) is 4.79 Å². The molecule has 4 rings (SSSR count). The fourth-order valence-electron chi connectivity index (χ4n) is 3.28. The van der Waals surface area contributed by atoms with Gasteiger partial charge in [0, 0.05) is 29.6 Å². The molecule has 0 atom stereocenters. The molecule has 3 aromatic rings. The van der Waals surface area contributed by atoms with Crippen LogP contribution in [-0.2, 0) is 0 Å². The van der Waals surface area contributed by atoms with Crippen molar-refractivity contribution in [2.45, 2.75) is 19.8 Å². The molecule has 6 nitrogen and oxygen atoms in total. The van der Waals surface area contributed by atoms with Gasteiger partial charge in [0.1, 0.15) is 5.82 Å². The molecule has 0 radical (unpaired) electrons. The lowest BCUT2D eigenvalue weighted by atomic mass is 9.89. The predicted octanol–water partition coefficient (Wildman–Crippen LogP) is 3.19. The molecular formula is C18H18ClN5O. The van der Waals surface area contributed by atoms with Gasteiger partial charge in [0.2, 0.25) is 0 Å². The molecule has 1 saturated heterocycles. The number of hydrogen-bond acceptors (Lipinski definition) is 5. The Morgan fingerprint density at radius 1 is 1.08 bits per heavy atom. The minimum absolute atomic E-state index is 0.0535. The molecule has 0 unspecified atom stereocenters. The van der Waals surface area contributed by atoms with E-state index in [2.05, 4.69) is 20.2 Å². The Bertz CT molecular complexity index is 913. The molecule has 0 amide bonds. The smallest absolute Gasteiger partial charge is 0.178 e. The van der Waals surface area contributed by atoms with Gasteiger partial charge in [-0.1, -0.05) is 11.6 Å². The number of piperidine rings is 1. The fraction of sp³-hybridized carbons (Fsp3) is 0.333. The molecule has 0 aliphatic carbocycles. The number of carbonyl (C=O) groups is 1. The summed E-state index contributed by atoms with van der Waals surface area (Å²) in [4.78, 5) is 14.9. The Balaban J connectivity index is 1.46. The zero-order valence-electron chi connectivity index (χ0n) is 13.9. The molecule has 7 heteroatoms. The van der Waals surface area contributed by atoms with Crippen LogP contribution in [0.15, 0.2) is 36.4 Å². The Kier molecular flexibility index (Phi) is 4.13. The molecule has 0 saturated carbocycles. The highest BCUT2D eigenvalue weighted by Gasteiger charge is 2.26. The van der Waals surface area contributed by atoms with Crippen molar-refractivity contribution in [2.24, 2.45) is 5.92 Å². The van der Waals surface area contributed by atoms with Crippen LogP contribution in [0, 0.1) is 12.8 Å². The fourth-order valence-corrected chi connectivity index (χ4v) is 3.40. The first kappa shape index (κ1) is 16.0. The number of nitrogens with zero attached hydrogens (tertiary/aromatic N) is 5. The van der Waals surface area contributed by atoms with Gasteiger partial charge in [-0.15, -0.1) is 15.3 Å². The number of aromatic nitrogens is 4. The maximum Gasteiger partial charge on any atom is 0.178 e. The number of aryl methyl sites for hydroxylation is 1. The third-order valence-corrected chi connectivity index (χ3v) is 4.98. The van der Waals surface area contributed by atoms with Crippen molar-refractivity contribution < 1.29 is 4.79 Å². The second-order valence-electron chi connectivity index (χ2n) is 6.34. The summed E-state index contributed by atoms with van der Waals surface area (Å²) in [6.07, 6.45) is 1.64. The second kappa shape index (κ2) is 6.44. The van der Waals surface area contributed by atoms with E-state index in [1.54, 1.807) is 28.8 Å². The lowest BCUT2D eigenvalue weighted by molar-refractivity contribution is 0.0900. The number of Topliss-reactive ketones (excluding diaryl/α,β-unsaturated/α-hetero) is 1. The lowest BCUT2D eigenvalue weighted by Gasteiger charge is -2.32. The number of fused-ring (bicyclic) bond motifs is 1. The molecule has 1 aliphatic rings. The monoisotopic (exact) mass is 355 g/mol. The van der Waals surface area contributed by atoms with Crippen LogP contribution in [0.1, 0.15) is 29.0 Å². The van der Waals surface area contributed by atoms with E-state index in [0.29, 0.717) is 5.02 Å². The van der Waals surface area contributed by atoms with E-state index in [1.165, 1.54) is 0 Å². The SMILES string of the molecule is Cc1nnc2ccc(N3CCC(C(=O)c4ccc(Cl)cc4)CC3)nn12. The number of ketones is 1. The molecule has 0 N–H and O–H groups in total. The summed E-state index contributed by atoms with van der Waals surface area (Å²) >= 11 is 5.90. The molecule has 2 aromatic heterocycles. The number of anilines is 1. The van der Waals surface area contributed by atoms with Crippen LogP contribution in [0.5, 0.6) is 0 Å². The zero-order valence-corrected chi connectivity index (χ0v) is 14.6. The van der Waals surface area contributed by atoms with Gasteiger partial charge >= 0.3 is 0 Å². The molecule has 1 fully saturated rings. The van der Waals surface area contributed by atoms with Gasteiger partial charge in [-0.05, 0) is 56.2 Å². The van der Waals surface area contributed by atoms with Crippen LogP contribution < -0.4 is 4.90 Å². The Morgan fingerprint density at radius 3 is 2.52 bits per heavy atom. The molecule has 128 valence electrons. The van der Waals surface area contributed by atoms with Gasteiger partial charge in [0.25, 0.3) is 0 Å². The summed E-state index contributed by atoms with van der Waals surface area (Å²) in [7, 11) is 0. The second-order valence-corrected chi connectivity index (χ2v) is 6.78. The van der Waals surface area contributed by atoms with Crippen molar-refractivity contribution in [3.8, 4) is 0 Å². The quantitative estimate of drug-likeness (QED) is 0.675. The average molecular weight is 356 g/mol. The summed E-state index contributed by atoms with van der Waals surface area (Å²) in [5.74, 6) is 1.92. The first-order chi connectivity index (χ1) is 12.1. The molecule has 25 heavy (non-hydrogen) atoms. The summed E-state index contributed by atoms with van der Waals surface area (Å²) in [5, 5.41) is 13.4. The minimum atomic E-state index is 0.0535. The van der Waals surface area contributed by atoms with Crippen LogP contribution in [0.2, 0.25) is 5.02 Å². The van der Waals surface area contributed by atoms with Crippen LogP contribution >= 0.6 is 11.6 Å². The van der Waals surface area contributed by atoms with Crippen molar-refractivity contribution in [3.05, 3.63) is 52.8 Å². The maximum absolute atomic E-state index is 12.6. The van der Waals surface area contributed by atoms with Gasteiger partial charge in [-0.2, -0.15) is 4.52 Å². The van der Waals surface area contributed by atoms with Crippen LogP contribution in [0.3, 0.4) is 0 Å². The van der Waals surface area contributed by atoms with Crippen molar-refractivity contribution in [1.29, 1.82) is 0 Å². The molecule has 0 spiro atoms.